The highest BCUT2D eigenvalue weighted by Crippen LogP contribution is 2.43. The number of para-hydroxylation sites is 1. The second-order valence-corrected chi connectivity index (χ2v) is 5.20. The second-order valence-electron chi connectivity index (χ2n) is 4.08. The summed E-state index contributed by atoms with van der Waals surface area (Å²) in [6.45, 7) is 0. The number of thioether (sulfide) groups is 1. The van der Waals surface area contributed by atoms with Crippen LogP contribution in [0, 0.1) is 5.41 Å². The van der Waals surface area contributed by atoms with E-state index in [0.717, 1.165) is 11.8 Å². The van der Waals surface area contributed by atoms with Crippen LogP contribution in [0.4, 0.5) is 5.69 Å². The number of carbonyl (C=O) groups excluding carboxylic acids is 2. The van der Waals surface area contributed by atoms with Crippen molar-refractivity contribution in [3.8, 4) is 0 Å². The third-order valence-electron chi connectivity index (χ3n) is 3.02. The average Bonchev–Trinajstić information content (AvgIpc) is 2.80. The lowest BCUT2D eigenvalue weighted by atomic mass is 9.91. The summed E-state index contributed by atoms with van der Waals surface area (Å²) in [6.07, 6.45) is 0. The summed E-state index contributed by atoms with van der Waals surface area (Å²) in [5, 5.41) is 21.7. The highest BCUT2D eigenvalue weighted by atomic mass is 32.2. The third kappa shape index (κ3) is 1.31. The summed E-state index contributed by atoms with van der Waals surface area (Å²) in [7, 11) is 0. The fraction of sp³-hybridized carbons (Fsp3) is 0.182. The molecule has 2 amide bonds. The number of amides is 2. The van der Waals surface area contributed by atoms with Crippen LogP contribution in [0.1, 0.15) is 5.56 Å². The number of nitrogens with one attached hydrogen (secondary N) is 3. The smallest absolute Gasteiger partial charge is 0.262 e. The summed E-state index contributed by atoms with van der Waals surface area (Å²) in [5.74, 6) is -1.16. The standard InChI is InChI=1S/C11H9N3O3S/c12-10-14-8(15)7(18-10)11(17)5-3-1-2-4-6(5)13-9(11)16/h1-4,7,17H,(H,13,16)(H2,12,14,15)/t7-,11-/m1/s1. The van der Waals surface area contributed by atoms with E-state index in [-0.39, 0.29) is 5.17 Å². The molecule has 6 nitrogen and oxygen atoms in total. The molecule has 0 unspecified atom stereocenters. The van der Waals surface area contributed by atoms with Crippen molar-refractivity contribution in [2.75, 3.05) is 5.32 Å². The van der Waals surface area contributed by atoms with E-state index >= 15 is 0 Å². The first-order valence-corrected chi connectivity index (χ1v) is 6.11. The summed E-state index contributed by atoms with van der Waals surface area (Å²) in [5.41, 5.74) is -1.05. The van der Waals surface area contributed by atoms with Gasteiger partial charge < -0.3 is 15.7 Å². The van der Waals surface area contributed by atoms with Crippen LogP contribution in [-0.2, 0) is 15.2 Å². The molecule has 0 bridgehead atoms. The number of anilines is 1. The van der Waals surface area contributed by atoms with Crippen LogP contribution in [0.3, 0.4) is 0 Å². The van der Waals surface area contributed by atoms with Crippen LogP contribution in [0.2, 0.25) is 0 Å². The van der Waals surface area contributed by atoms with Crippen LogP contribution < -0.4 is 10.6 Å². The van der Waals surface area contributed by atoms with Crippen LogP contribution >= 0.6 is 11.8 Å². The molecule has 2 atom stereocenters. The Labute approximate surface area is 106 Å². The molecule has 4 N–H and O–H groups in total. The second kappa shape index (κ2) is 3.56. The van der Waals surface area contributed by atoms with Gasteiger partial charge in [-0.25, -0.2) is 0 Å². The molecule has 92 valence electrons. The van der Waals surface area contributed by atoms with Crippen molar-refractivity contribution >= 4 is 34.4 Å². The fourth-order valence-corrected chi connectivity index (χ4v) is 3.14. The van der Waals surface area contributed by atoms with Crippen molar-refractivity contribution < 1.29 is 14.7 Å². The molecule has 0 saturated carbocycles. The van der Waals surface area contributed by atoms with Gasteiger partial charge in [0, 0.05) is 11.3 Å². The van der Waals surface area contributed by atoms with Gasteiger partial charge in [0.1, 0.15) is 5.25 Å². The summed E-state index contributed by atoms with van der Waals surface area (Å²) < 4.78 is 0. The molecule has 0 spiro atoms. The first kappa shape index (κ1) is 11.2. The highest BCUT2D eigenvalue weighted by molar-refractivity contribution is 8.15. The lowest BCUT2D eigenvalue weighted by Crippen LogP contribution is -2.47. The monoisotopic (exact) mass is 263 g/mol. The van der Waals surface area contributed by atoms with E-state index in [1.807, 2.05) is 0 Å². The van der Waals surface area contributed by atoms with E-state index in [1.165, 1.54) is 0 Å². The van der Waals surface area contributed by atoms with Gasteiger partial charge in [-0.15, -0.1) is 0 Å². The Morgan fingerprint density at radius 1 is 1.28 bits per heavy atom. The zero-order chi connectivity index (χ0) is 12.9. The predicted octanol–water partition coefficient (Wildman–Crippen LogP) is -0.00733. The number of hydrogen-bond acceptors (Lipinski definition) is 5. The van der Waals surface area contributed by atoms with Gasteiger partial charge in [0.05, 0.1) is 0 Å². The summed E-state index contributed by atoms with van der Waals surface area (Å²) in [6, 6.07) is 6.68. The Balaban J connectivity index is 2.12. The van der Waals surface area contributed by atoms with Crippen molar-refractivity contribution in [1.29, 1.82) is 5.41 Å². The Bertz CT molecular complexity index is 589. The molecule has 18 heavy (non-hydrogen) atoms. The van der Waals surface area contributed by atoms with Crippen molar-refractivity contribution in [3.05, 3.63) is 29.8 Å². The summed E-state index contributed by atoms with van der Waals surface area (Å²) in [4.78, 5) is 23.7. The molecular formula is C11H9N3O3S. The number of benzene rings is 1. The number of amidine groups is 1. The van der Waals surface area contributed by atoms with Gasteiger partial charge in [-0.2, -0.15) is 0 Å². The zero-order valence-electron chi connectivity index (χ0n) is 9.06. The minimum Gasteiger partial charge on any atom is -0.374 e. The first-order valence-electron chi connectivity index (χ1n) is 5.23. The van der Waals surface area contributed by atoms with Gasteiger partial charge in [0.25, 0.3) is 5.91 Å². The summed E-state index contributed by atoms with van der Waals surface area (Å²) >= 11 is 0.849. The van der Waals surface area contributed by atoms with Gasteiger partial charge in [0.15, 0.2) is 10.8 Å². The van der Waals surface area contributed by atoms with E-state index in [9.17, 15) is 14.7 Å². The van der Waals surface area contributed by atoms with Gasteiger partial charge in [-0.05, 0) is 6.07 Å². The molecular weight excluding hydrogens is 254 g/mol. The molecule has 0 aromatic heterocycles. The normalized spacial score (nSPS) is 30.1. The van der Waals surface area contributed by atoms with Crippen LogP contribution in [0.25, 0.3) is 0 Å². The maximum absolute atomic E-state index is 12.0. The number of hydrogen-bond donors (Lipinski definition) is 4. The molecule has 7 heteroatoms. The Morgan fingerprint density at radius 3 is 2.67 bits per heavy atom. The highest BCUT2D eigenvalue weighted by Gasteiger charge is 2.56. The molecule has 0 radical (unpaired) electrons. The van der Waals surface area contributed by atoms with Crippen molar-refractivity contribution in [2.45, 2.75) is 10.9 Å². The van der Waals surface area contributed by atoms with Crippen LogP contribution in [0.5, 0.6) is 0 Å². The molecule has 3 rings (SSSR count). The van der Waals surface area contributed by atoms with E-state index in [0.29, 0.717) is 11.3 Å². The van der Waals surface area contributed by atoms with Crippen molar-refractivity contribution in [3.63, 3.8) is 0 Å². The fourth-order valence-electron chi connectivity index (χ4n) is 2.18. The largest absolute Gasteiger partial charge is 0.374 e. The maximum Gasteiger partial charge on any atom is 0.262 e. The molecule has 2 aliphatic rings. The lowest BCUT2D eigenvalue weighted by Gasteiger charge is -2.24. The quantitative estimate of drug-likeness (QED) is 0.572. The zero-order valence-corrected chi connectivity index (χ0v) is 9.88. The number of fused-ring (bicyclic) bond motifs is 1. The van der Waals surface area contributed by atoms with Gasteiger partial charge in [-0.1, -0.05) is 30.0 Å². The van der Waals surface area contributed by atoms with E-state index in [4.69, 9.17) is 5.41 Å². The molecule has 1 saturated heterocycles. The molecule has 1 aromatic carbocycles. The SMILES string of the molecule is N=C1NC(=O)[C@H]([C@@]2(O)C(=O)Nc3ccccc32)S1. The minimum atomic E-state index is -1.92. The number of carbonyl (C=O) groups is 2. The van der Waals surface area contributed by atoms with E-state index in [1.54, 1.807) is 24.3 Å². The van der Waals surface area contributed by atoms with E-state index < -0.39 is 22.7 Å². The lowest BCUT2D eigenvalue weighted by molar-refractivity contribution is -0.138. The maximum atomic E-state index is 12.0. The minimum absolute atomic E-state index is 0.0596. The van der Waals surface area contributed by atoms with Gasteiger partial charge in [-0.3, -0.25) is 15.0 Å². The molecule has 1 fully saturated rings. The number of aliphatic hydroxyl groups is 1. The average molecular weight is 263 g/mol. The van der Waals surface area contributed by atoms with Gasteiger partial charge >= 0.3 is 0 Å². The topological polar surface area (TPSA) is 102 Å². The molecule has 2 aliphatic heterocycles. The van der Waals surface area contributed by atoms with E-state index in [2.05, 4.69) is 10.6 Å². The van der Waals surface area contributed by atoms with Crippen molar-refractivity contribution in [2.24, 2.45) is 0 Å². The van der Waals surface area contributed by atoms with Crippen LogP contribution in [-0.4, -0.2) is 27.3 Å². The van der Waals surface area contributed by atoms with Crippen LogP contribution in [0.15, 0.2) is 24.3 Å². The molecule has 1 aromatic rings. The molecule has 0 aliphatic carbocycles. The van der Waals surface area contributed by atoms with Crippen molar-refractivity contribution in [1.82, 2.24) is 5.32 Å². The van der Waals surface area contributed by atoms with Gasteiger partial charge in [0.2, 0.25) is 5.91 Å². The Morgan fingerprint density at radius 2 is 2.00 bits per heavy atom. The Hall–Kier alpha value is -1.86. The number of rotatable bonds is 1. The molecule has 2 heterocycles. The first-order chi connectivity index (χ1) is 8.53. The Kier molecular flexibility index (Phi) is 2.23. The third-order valence-corrected chi connectivity index (χ3v) is 4.15. The predicted molar refractivity (Wildman–Crippen MR) is 66.2 cm³/mol.